The van der Waals surface area contributed by atoms with E-state index in [2.05, 4.69) is 0 Å². The number of nitrogens with two attached hydrogens (primary N) is 1. The summed E-state index contributed by atoms with van der Waals surface area (Å²) in [4.78, 5) is 1.64. The van der Waals surface area contributed by atoms with Crippen LogP contribution in [0.4, 0.5) is 10.1 Å². The van der Waals surface area contributed by atoms with Crippen LogP contribution in [0.2, 0.25) is 5.02 Å². The lowest BCUT2D eigenvalue weighted by atomic mass is 10.3. The van der Waals surface area contributed by atoms with Gasteiger partial charge in [-0.3, -0.25) is 0 Å². The van der Waals surface area contributed by atoms with Gasteiger partial charge < -0.3 is 5.73 Å². The molecule has 0 saturated carbocycles. The van der Waals surface area contributed by atoms with Crippen LogP contribution in [0, 0.1) is 5.82 Å². The van der Waals surface area contributed by atoms with Crippen molar-refractivity contribution in [3.63, 3.8) is 0 Å². The number of sulfone groups is 1. The highest BCUT2D eigenvalue weighted by molar-refractivity contribution is 7.99. The van der Waals surface area contributed by atoms with E-state index in [1.807, 2.05) is 0 Å². The van der Waals surface area contributed by atoms with Gasteiger partial charge in [0.05, 0.1) is 9.92 Å². The molecule has 0 fully saturated rings. The maximum Gasteiger partial charge on any atom is 0.175 e. The van der Waals surface area contributed by atoms with E-state index in [0.29, 0.717) is 4.90 Å². The second-order valence-electron chi connectivity index (χ2n) is 4.15. The minimum absolute atomic E-state index is 0.00513. The normalized spacial score (nSPS) is 11.6. The van der Waals surface area contributed by atoms with Crippen LogP contribution in [0.1, 0.15) is 0 Å². The van der Waals surface area contributed by atoms with Crippen molar-refractivity contribution in [1.82, 2.24) is 0 Å². The standard InChI is InChI=1S/C13H11ClFNO2S2/c1-20(17,18)9-4-2-8(3-5-9)19-13-6-10(14)11(15)7-12(13)16/h2-7H,16H2,1H3. The fraction of sp³-hybridized carbons (Fsp3) is 0.0769. The molecule has 0 amide bonds. The summed E-state index contributed by atoms with van der Waals surface area (Å²) in [5.41, 5.74) is 6.00. The first-order valence-corrected chi connectivity index (χ1v) is 8.58. The van der Waals surface area contributed by atoms with Gasteiger partial charge in [-0.25, -0.2) is 12.8 Å². The predicted octanol–water partition coefficient (Wildman–Crippen LogP) is 3.62. The van der Waals surface area contributed by atoms with Gasteiger partial charge in [0.2, 0.25) is 0 Å². The molecule has 0 saturated heterocycles. The van der Waals surface area contributed by atoms with E-state index in [-0.39, 0.29) is 15.6 Å². The van der Waals surface area contributed by atoms with Gasteiger partial charge in [0.15, 0.2) is 9.84 Å². The number of hydrogen-bond acceptors (Lipinski definition) is 4. The van der Waals surface area contributed by atoms with Gasteiger partial charge >= 0.3 is 0 Å². The van der Waals surface area contributed by atoms with Gasteiger partial charge in [-0.1, -0.05) is 23.4 Å². The van der Waals surface area contributed by atoms with Gasteiger partial charge in [-0.05, 0) is 36.4 Å². The third-order valence-corrected chi connectivity index (χ3v) is 5.03. The first-order valence-electron chi connectivity index (χ1n) is 5.50. The molecule has 2 rings (SSSR count). The zero-order chi connectivity index (χ0) is 14.9. The highest BCUT2D eigenvalue weighted by Crippen LogP contribution is 2.35. The third-order valence-electron chi connectivity index (χ3n) is 2.53. The molecule has 0 aliphatic heterocycles. The molecule has 106 valence electrons. The first kappa shape index (κ1) is 15.2. The Morgan fingerprint density at radius 3 is 2.35 bits per heavy atom. The van der Waals surface area contributed by atoms with Crippen molar-refractivity contribution in [3.05, 3.63) is 47.2 Å². The molecule has 0 aromatic heterocycles. The van der Waals surface area contributed by atoms with Gasteiger partial charge in [0.1, 0.15) is 5.82 Å². The number of anilines is 1. The van der Waals surface area contributed by atoms with E-state index in [1.165, 1.54) is 30.0 Å². The van der Waals surface area contributed by atoms with Crippen molar-refractivity contribution in [2.24, 2.45) is 0 Å². The molecule has 7 heteroatoms. The Morgan fingerprint density at radius 1 is 1.20 bits per heavy atom. The molecule has 2 N–H and O–H groups in total. The summed E-state index contributed by atoms with van der Waals surface area (Å²) in [6.45, 7) is 0. The lowest BCUT2D eigenvalue weighted by Crippen LogP contribution is -1.96. The van der Waals surface area contributed by atoms with E-state index in [1.54, 1.807) is 12.1 Å². The van der Waals surface area contributed by atoms with Crippen molar-refractivity contribution >= 4 is 38.9 Å². The Labute approximate surface area is 125 Å². The molecular formula is C13H11ClFNO2S2. The van der Waals surface area contributed by atoms with Crippen LogP contribution >= 0.6 is 23.4 Å². The molecule has 0 aliphatic carbocycles. The summed E-state index contributed by atoms with van der Waals surface area (Å²) in [5, 5.41) is -0.00513. The number of halogens is 2. The summed E-state index contributed by atoms with van der Waals surface area (Å²) < 4.78 is 35.9. The minimum Gasteiger partial charge on any atom is -0.398 e. The maximum absolute atomic E-state index is 13.2. The second kappa shape index (κ2) is 5.63. The number of hydrogen-bond donors (Lipinski definition) is 1. The molecule has 2 aromatic carbocycles. The zero-order valence-corrected chi connectivity index (χ0v) is 12.8. The van der Waals surface area contributed by atoms with Crippen LogP contribution in [0.3, 0.4) is 0 Å². The van der Waals surface area contributed by atoms with Crippen LogP contribution in [0.25, 0.3) is 0 Å². The third kappa shape index (κ3) is 3.45. The van der Waals surface area contributed by atoms with Crippen LogP contribution in [0.15, 0.2) is 51.1 Å². The summed E-state index contributed by atoms with van der Waals surface area (Å²) in [5.74, 6) is -0.569. The fourth-order valence-electron chi connectivity index (χ4n) is 1.51. The fourth-order valence-corrected chi connectivity index (χ4v) is 3.25. The van der Waals surface area contributed by atoms with Crippen molar-refractivity contribution in [1.29, 1.82) is 0 Å². The molecule has 20 heavy (non-hydrogen) atoms. The van der Waals surface area contributed by atoms with Gasteiger partial charge in [0.25, 0.3) is 0 Å². The summed E-state index contributed by atoms with van der Waals surface area (Å²) in [7, 11) is -3.22. The Morgan fingerprint density at radius 2 is 1.80 bits per heavy atom. The Kier molecular flexibility index (Phi) is 4.27. The molecule has 0 radical (unpaired) electrons. The zero-order valence-electron chi connectivity index (χ0n) is 10.4. The Balaban J connectivity index is 2.29. The monoisotopic (exact) mass is 331 g/mol. The van der Waals surface area contributed by atoms with E-state index in [0.717, 1.165) is 17.2 Å². The first-order chi connectivity index (χ1) is 9.27. The van der Waals surface area contributed by atoms with E-state index < -0.39 is 15.7 Å². The maximum atomic E-state index is 13.2. The van der Waals surface area contributed by atoms with Gasteiger partial charge in [0, 0.05) is 21.7 Å². The van der Waals surface area contributed by atoms with Crippen LogP contribution in [-0.2, 0) is 9.84 Å². The predicted molar refractivity (Wildman–Crippen MR) is 79.5 cm³/mol. The van der Waals surface area contributed by atoms with Gasteiger partial charge in [-0.15, -0.1) is 0 Å². The van der Waals surface area contributed by atoms with Crippen molar-refractivity contribution in [2.75, 3.05) is 12.0 Å². The van der Waals surface area contributed by atoms with Gasteiger partial charge in [-0.2, -0.15) is 0 Å². The summed E-state index contributed by atoms with van der Waals surface area (Å²) in [6, 6.07) is 8.96. The average Bonchev–Trinajstić information content (AvgIpc) is 2.35. The summed E-state index contributed by atoms with van der Waals surface area (Å²) in [6.07, 6.45) is 1.15. The Bertz CT molecular complexity index is 746. The van der Waals surface area contributed by atoms with Crippen molar-refractivity contribution < 1.29 is 12.8 Å². The number of rotatable bonds is 3. The smallest absolute Gasteiger partial charge is 0.175 e. The number of benzene rings is 2. The molecule has 0 atom stereocenters. The van der Waals surface area contributed by atoms with E-state index >= 15 is 0 Å². The van der Waals surface area contributed by atoms with Crippen LogP contribution in [0.5, 0.6) is 0 Å². The van der Waals surface area contributed by atoms with E-state index in [4.69, 9.17) is 17.3 Å². The van der Waals surface area contributed by atoms with E-state index in [9.17, 15) is 12.8 Å². The topological polar surface area (TPSA) is 60.2 Å². The summed E-state index contributed by atoms with van der Waals surface area (Å²) >= 11 is 7.00. The molecule has 0 heterocycles. The van der Waals surface area contributed by atoms with Crippen molar-refractivity contribution in [3.8, 4) is 0 Å². The molecule has 0 bridgehead atoms. The highest BCUT2D eigenvalue weighted by Gasteiger charge is 2.10. The van der Waals surface area contributed by atoms with Crippen LogP contribution < -0.4 is 5.73 Å². The molecule has 2 aromatic rings. The van der Waals surface area contributed by atoms with Crippen LogP contribution in [-0.4, -0.2) is 14.7 Å². The molecule has 0 unspecified atom stereocenters. The molecule has 0 spiro atoms. The highest BCUT2D eigenvalue weighted by atomic mass is 35.5. The van der Waals surface area contributed by atoms with Crippen molar-refractivity contribution in [2.45, 2.75) is 14.7 Å². The number of nitrogen functional groups attached to an aromatic ring is 1. The largest absolute Gasteiger partial charge is 0.398 e. The quantitative estimate of drug-likeness (QED) is 0.873. The lowest BCUT2D eigenvalue weighted by molar-refractivity contribution is 0.602. The molecule has 0 aliphatic rings. The SMILES string of the molecule is CS(=O)(=O)c1ccc(Sc2cc(Cl)c(F)cc2N)cc1. The lowest BCUT2D eigenvalue weighted by Gasteiger charge is -2.07. The minimum atomic E-state index is -3.22. The second-order valence-corrected chi connectivity index (χ2v) is 7.69. The molecular weight excluding hydrogens is 321 g/mol. The molecule has 3 nitrogen and oxygen atoms in total. The average molecular weight is 332 g/mol. The Hall–Kier alpha value is -1.24.